The second kappa shape index (κ2) is 9.08. The van der Waals surface area contributed by atoms with E-state index in [1.807, 2.05) is 43.8 Å². The van der Waals surface area contributed by atoms with Crippen molar-refractivity contribution in [2.45, 2.75) is 38.1 Å². The Morgan fingerprint density at radius 1 is 1.03 bits per heavy atom. The molecule has 2 fully saturated rings. The largest absolute Gasteiger partial charge is 0.306 e. The second-order valence-corrected chi connectivity index (χ2v) is 9.46. The average Bonchev–Trinajstić information content (AvgIpc) is 3.25. The molecule has 32 heavy (non-hydrogen) atoms. The van der Waals surface area contributed by atoms with Crippen molar-refractivity contribution in [3.05, 3.63) is 42.5 Å². The molecule has 7 heteroatoms. The lowest BCUT2D eigenvalue weighted by Gasteiger charge is -2.40. The number of pyridine rings is 2. The van der Waals surface area contributed by atoms with Gasteiger partial charge in [-0.3, -0.25) is 14.5 Å². The van der Waals surface area contributed by atoms with Gasteiger partial charge in [-0.15, -0.1) is 0 Å². The number of fused-ring (bicyclic) bond motifs is 1. The van der Waals surface area contributed by atoms with Crippen LogP contribution in [0.2, 0.25) is 0 Å². The molecule has 0 bridgehead atoms. The molecule has 168 valence electrons. The normalized spacial score (nSPS) is 19.6. The number of rotatable bonds is 5. The number of ketones is 1. The Morgan fingerprint density at radius 2 is 1.81 bits per heavy atom. The number of nitrogens with zero attached hydrogens (tertiary/aromatic N) is 6. The highest BCUT2D eigenvalue weighted by Gasteiger charge is 2.30. The van der Waals surface area contributed by atoms with Crippen molar-refractivity contribution in [2.24, 2.45) is 13.0 Å². The molecule has 5 rings (SSSR count). The number of likely N-dealkylation sites (tertiary alicyclic amines) is 2. The molecule has 0 radical (unpaired) electrons. The molecule has 2 aliphatic rings. The first-order chi connectivity index (χ1) is 15.5. The number of Topliss-reactive ketones (excluding diaryl/α,β-unsaturated/α-hetero) is 1. The van der Waals surface area contributed by atoms with Gasteiger partial charge in [-0.1, -0.05) is 0 Å². The predicted molar refractivity (Wildman–Crippen MR) is 125 cm³/mol. The summed E-state index contributed by atoms with van der Waals surface area (Å²) in [6.07, 6.45) is 10.5. The third kappa shape index (κ3) is 4.59. The van der Waals surface area contributed by atoms with Crippen LogP contribution in [0.25, 0.3) is 22.2 Å². The maximum Gasteiger partial charge on any atom is 0.142 e. The topological polar surface area (TPSA) is 67.2 Å². The van der Waals surface area contributed by atoms with Crippen LogP contribution in [-0.2, 0) is 18.3 Å². The van der Waals surface area contributed by atoms with Crippen LogP contribution in [0.4, 0.5) is 0 Å². The minimum Gasteiger partial charge on any atom is -0.306 e. The molecule has 5 heterocycles. The Kier molecular flexibility index (Phi) is 6.02. The molecule has 3 aromatic rings. The Balaban J connectivity index is 1.22. The van der Waals surface area contributed by atoms with E-state index in [1.165, 1.54) is 25.9 Å². The van der Waals surface area contributed by atoms with Gasteiger partial charge in [0.1, 0.15) is 5.78 Å². The molecule has 3 aromatic heterocycles. The standard InChI is InChI=1S/C25H32N6O/c1-29-9-7-22(8-10-29)31-11-5-18(6-12-31)25(32)14-21-13-24-19(15-26-21)3-4-23(28-24)20-16-27-30(2)17-20/h3-4,13,15-18,22H,5-12,14H2,1-2H3. The average molecular weight is 433 g/mol. The van der Waals surface area contributed by atoms with Crippen molar-refractivity contribution >= 4 is 16.7 Å². The molecule has 0 atom stereocenters. The van der Waals surface area contributed by atoms with Crippen LogP contribution in [-0.4, -0.2) is 74.6 Å². The van der Waals surface area contributed by atoms with Gasteiger partial charge in [0.15, 0.2) is 0 Å². The van der Waals surface area contributed by atoms with Gasteiger partial charge in [-0.25, -0.2) is 4.98 Å². The number of carbonyl (C=O) groups is 1. The number of aryl methyl sites for hydroxylation is 1. The van der Waals surface area contributed by atoms with E-state index >= 15 is 0 Å². The molecule has 0 N–H and O–H groups in total. The molecular formula is C25H32N6O. The van der Waals surface area contributed by atoms with E-state index < -0.39 is 0 Å². The molecule has 0 aliphatic carbocycles. The van der Waals surface area contributed by atoms with Crippen molar-refractivity contribution in [1.29, 1.82) is 0 Å². The molecule has 0 spiro atoms. The fraction of sp³-hybridized carbons (Fsp3) is 0.520. The van der Waals surface area contributed by atoms with Crippen LogP contribution < -0.4 is 0 Å². The third-order valence-electron chi connectivity index (χ3n) is 7.18. The fourth-order valence-corrected chi connectivity index (χ4v) is 5.14. The van der Waals surface area contributed by atoms with Crippen molar-refractivity contribution in [2.75, 3.05) is 33.2 Å². The van der Waals surface area contributed by atoms with E-state index in [-0.39, 0.29) is 5.92 Å². The lowest BCUT2D eigenvalue weighted by Crippen LogP contribution is -2.47. The van der Waals surface area contributed by atoms with Gasteiger partial charge in [0.25, 0.3) is 0 Å². The Morgan fingerprint density at radius 3 is 2.53 bits per heavy atom. The van der Waals surface area contributed by atoms with Crippen LogP contribution in [0, 0.1) is 5.92 Å². The number of hydrogen-bond acceptors (Lipinski definition) is 6. The van der Waals surface area contributed by atoms with E-state index in [0.717, 1.165) is 53.8 Å². The molecule has 0 aromatic carbocycles. The zero-order valence-corrected chi connectivity index (χ0v) is 19.1. The first-order valence-electron chi connectivity index (χ1n) is 11.7. The van der Waals surface area contributed by atoms with Crippen molar-refractivity contribution in [3.63, 3.8) is 0 Å². The van der Waals surface area contributed by atoms with Gasteiger partial charge in [-0.2, -0.15) is 5.10 Å². The maximum absolute atomic E-state index is 13.0. The Hall–Kier alpha value is -2.64. The summed E-state index contributed by atoms with van der Waals surface area (Å²) in [5.74, 6) is 0.480. The van der Waals surface area contributed by atoms with Crippen molar-refractivity contribution < 1.29 is 4.79 Å². The highest BCUT2D eigenvalue weighted by molar-refractivity contribution is 5.85. The van der Waals surface area contributed by atoms with E-state index in [0.29, 0.717) is 18.2 Å². The summed E-state index contributed by atoms with van der Waals surface area (Å²) in [5, 5.41) is 5.22. The van der Waals surface area contributed by atoms with Crippen LogP contribution in [0.5, 0.6) is 0 Å². The van der Waals surface area contributed by atoms with E-state index in [4.69, 9.17) is 4.98 Å². The lowest BCUT2D eigenvalue weighted by molar-refractivity contribution is -0.124. The van der Waals surface area contributed by atoms with E-state index in [1.54, 1.807) is 4.68 Å². The number of hydrogen-bond donors (Lipinski definition) is 0. The summed E-state index contributed by atoms with van der Waals surface area (Å²) in [4.78, 5) is 27.4. The maximum atomic E-state index is 13.0. The summed E-state index contributed by atoms with van der Waals surface area (Å²) in [5.41, 5.74) is 3.56. The molecular weight excluding hydrogens is 400 g/mol. The van der Waals surface area contributed by atoms with Crippen LogP contribution >= 0.6 is 0 Å². The summed E-state index contributed by atoms with van der Waals surface area (Å²) >= 11 is 0. The summed E-state index contributed by atoms with van der Waals surface area (Å²) in [6, 6.07) is 6.69. The molecule has 2 aliphatic heterocycles. The van der Waals surface area contributed by atoms with Gasteiger partial charge in [0.2, 0.25) is 0 Å². The van der Waals surface area contributed by atoms with E-state index in [9.17, 15) is 4.79 Å². The summed E-state index contributed by atoms with van der Waals surface area (Å²) < 4.78 is 1.77. The van der Waals surface area contributed by atoms with Gasteiger partial charge in [-0.05, 0) is 77.1 Å². The van der Waals surface area contributed by atoms with E-state index in [2.05, 4.69) is 26.9 Å². The molecule has 0 unspecified atom stereocenters. The predicted octanol–water partition coefficient (Wildman–Crippen LogP) is 2.95. The van der Waals surface area contributed by atoms with Crippen molar-refractivity contribution in [1.82, 2.24) is 29.5 Å². The fourth-order valence-electron chi connectivity index (χ4n) is 5.14. The third-order valence-corrected chi connectivity index (χ3v) is 7.18. The summed E-state index contributed by atoms with van der Waals surface area (Å²) in [6.45, 7) is 4.47. The Labute approximate surface area is 189 Å². The smallest absolute Gasteiger partial charge is 0.142 e. The zero-order chi connectivity index (χ0) is 22.1. The number of carbonyl (C=O) groups excluding carboxylic acids is 1. The lowest BCUT2D eigenvalue weighted by atomic mass is 9.88. The SMILES string of the molecule is CN1CCC(N2CCC(C(=O)Cc3cc4nc(-c5cnn(C)c5)ccc4cn3)CC2)CC1. The molecule has 0 amide bonds. The van der Waals surface area contributed by atoms with Crippen LogP contribution in [0.15, 0.2) is 36.8 Å². The van der Waals surface area contributed by atoms with Gasteiger partial charge < -0.3 is 9.80 Å². The first-order valence-corrected chi connectivity index (χ1v) is 11.7. The van der Waals surface area contributed by atoms with Gasteiger partial charge in [0.05, 0.1) is 17.4 Å². The molecule has 2 saturated heterocycles. The number of piperidine rings is 2. The highest BCUT2D eigenvalue weighted by Crippen LogP contribution is 2.26. The first kappa shape index (κ1) is 21.2. The second-order valence-electron chi connectivity index (χ2n) is 9.46. The highest BCUT2D eigenvalue weighted by atomic mass is 16.1. The van der Waals surface area contributed by atoms with Gasteiger partial charge >= 0.3 is 0 Å². The summed E-state index contributed by atoms with van der Waals surface area (Å²) in [7, 11) is 4.10. The number of aromatic nitrogens is 4. The molecule has 0 saturated carbocycles. The minimum atomic E-state index is 0.157. The minimum absolute atomic E-state index is 0.157. The van der Waals surface area contributed by atoms with Gasteiger partial charge in [0, 0.05) is 54.5 Å². The molecule has 7 nitrogen and oxygen atoms in total. The van der Waals surface area contributed by atoms with Crippen molar-refractivity contribution in [3.8, 4) is 11.3 Å². The van der Waals surface area contributed by atoms with Crippen LogP contribution in [0.1, 0.15) is 31.4 Å². The quantitative estimate of drug-likeness (QED) is 0.618. The Bertz CT molecular complexity index is 1090. The zero-order valence-electron chi connectivity index (χ0n) is 19.1. The monoisotopic (exact) mass is 432 g/mol. The van der Waals surface area contributed by atoms with Crippen LogP contribution in [0.3, 0.4) is 0 Å².